The molecule has 164 valence electrons. The summed E-state index contributed by atoms with van der Waals surface area (Å²) in [6.07, 6.45) is 1.79. The number of aromatic nitrogens is 1. The second-order valence-electron chi connectivity index (χ2n) is 7.85. The van der Waals surface area contributed by atoms with Gasteiger partial charge < -0.3 is 26.0 Å². The van der Waals surface area contributed by atoms with Crippen LogP contribution in [0.25, 0.3) is 22.8 Å². The summed E-state index contributed by atoms with van der Waals surface area (Å²) in [7, 11) is 1.83. The van der Waals surface area contributed by atoms with E-state index in [1.165, 1.54) is 0 Å². The van der Waals surface area contributed by atoms with Crippen molar-refractivity contribution >= 4 is 29.2 Å². The van der Waals surface area contributed by atoms with Crippen molar-refractivity contribution in [2.45, 2.75) is 13.8 Å². The summed E-state index contributed by atoms with van der Waals surface area (Å²) in [5.41, 5.74) is 6.70. The van der Waals surface area contributed by atoms with Crippen LogP contribution in [0.3, 0.4) is 0 Å². The largest absolute Gasteiger partial charge is 0.508 e. The third kappa shape index (κ3) is 4.02. The predicted octanol–water partition coefficient (Wildman–Crippen LogP) is 3.45. The third-order valence-corrected chi connectivity index (χ3v) is 5.63. The molecule has 7 heteroatoms. The molecule has 0 fully saturated rings. The van der Waals surface area contributed by atoms with E-state index < -0.39 is 0 Å². The van der Waals surface area contributed by atoms with E-state index in [-0.39, 0.29) is 17.6 Å². The van der Waals surface area contributed by atoms with Crippen molar-refractivity contribution in [1.29, 1.82) is 0 Å². The van der Waals surface area contributed by atoms with Crippen LogP contribution in [0, 0.1) is 13.8 Å². The van der Waals surface area contributed by atoms with Gasteiger partial charge in [-0.05, 0) is 61.9 Å². The van der Waals surface area contributed by atoms with Gasteiger partial charge in [0.25, 0.3) is 11.8 Å². The number of anilines is 1. The molecular formula is C25H26N4O3. The smallest absolute Gasteiger partial charge is 0.256 e. The minimum absolute atomic E-state index is 0.136. The molecule has 1 aromatic heterocycles. The van der Waals surface area contributed by atoms with Gasteiger partial charge in [-0.15, -0.1) is 0 Å². The van der Waals surface area contributed by atoms with Crippen molar-refractivity contribution in [3.63, 3.8) is 0 Å². The minimum Gasteiger partial charge on any atom is -0.508 e. The Morgan fingerprint density at radius 2 is 1.88 bits per heavy atom. The fraction of sp³-hybridized carbons (Fsp3) is 0.200. The average Bonchev–Trinajstić information content (AvgIpc) is 3.22. The summed E-state index contributed by atoms with van der Waals surface area (Å²) < 4.78 is 0. The predicted molar refractivity (Wildman–Crippen MR) is 127 cm³/mol. The third-order valence-electron chi connectivity index (χ3n) is 5.63. The minimum atomic E-state index is -0.195. The van der Waals surface area contributed by atoms with Gasteiger partial charge in [0.15, 0.2) is 0 Å². The first-order valence-electron chi connectivity index (χ1n) is 10.5. The summed E-state index contributed by atoms with van der Waals surface area (Å²) >= 11 is 0. The van der Waals surface area contributed by atoms with Gasteiger partial charge in [0, 0.05) is 35.7 Å². The van der Waals surface area contributed by atoms with E-state index in [4.69, 9.17) is 0 Å². The number of hydrogen-bond donors (Lipinski definition) is 5. The van der Waals surface area contributed by atoms with Crippen LogP contribution in [0.5, 0.6) is 5.75 Å². The summed E-state index contributed by atoms with van der Waals surface area (Å²) in [6.45, 7) is 4.95. The molecule has 1 aliphatic heterocycles. The zero-order chi connectivity index (χ0) is 22.8. The van der Waals surface area contributed by atoms with Gasteiger partial charge in [-0.3, -0.25) is 9.59 Å². The van der Waals surface area contributed by atoms with Crippen LogP contribution < -0.4 is 16.0 Å². The monoisotopic (exact) mass is 430 g/mol. The molecule has 3 aromatic rings. The zero-order valence-corrected chi connectivity index (χ0v) is 18.3. The Morgan fingerprint density at radius 1 is 1.09 bits per heavy atom. The lowest BCUT2D eigenvalue weighted by atomic mass is 9.99. The number of aryl methyl sites for hydroxylation is 1. The number of fused-ring (bicyclic) bond motifs is 1. The number of rotatable bonds is 6. The van der Waals surface area contributed by atoms with Crippen molar-refractivity contribution in [3.8, 4) is 16.9 Å². The quantitative estimate of drug-likeness (QED) is 0.305. The molecule has 2 amide bonds. The van der Waals surface area contributed by atoms with Crippen LogP contribution in [0.4, 0.5) is 5.69 Å². The molecule has 4 rings (SSSR count). The first kappa shape index (κ1) is 21.4. The molecule has 0 bridgehead atoms. The van der Waals surface area contributed by atoms with Gasteiger partial charge in [-0.1, -0.05) is 24.3 Å². The molecule has 7 nitrogen and oxygen atoms in total. The van der Waals surface area contributed by atoms with Crippen molar-refractivity contribution in [1.82, 2.24) is 15.6 Å². The van der Waals surface area contributed by atoms with E-state index in [9.17, 15) is 14.7 Å². The number of phenolic OH excluding ortho intramolecular Hbond substituents is 1. The maximum atomic E-state index is 12.7. The van der Waals surface area contributed by atoms with Gasteiger partial charge in [-0.2, -0.15) is 0 Å². The van der Waals surface area contributed by atoms with Crippen molar-refractivity contribution in [2.24, 2.45) is 0 Å². The van der Waals surface area contributed by atoms with E-state index in [1.54, 1.807) is 24.3 Å². The molecule has 0 aliphatic carbocycles. The lowest BCUT2D eigenvalue weighted by molar-refractivity contribution is -0.110. The molecule has 0 radical (unpaired) electrons. The number of aromatic hydroxyl groups is 1. The first-order chi connectivity index (χ1) is 15.4. The van der Waals surface area contributed by atoms with Gasteiger partial charge in [-0.25, -0.2) is 0 Å². The number of likely N-dealkylation sites (N-methyl/N-ethyl adjacent to an activating group) is 1. The molecule has 0 spiro atoms. The zero-order valence-electron chi connectivity index (χ0n) is 18.3. The summed E-state index contributed by atoms with van der Waals surface area (Å²) in [5, 5.41) is 18.6. The highest BCUT2D eigenvalue weighted by Crippen LogP contribution is 2.37. The topological polar surface area (TPSA) is 106 Å². The summed E-state index contributed by atoms with van der Waals surface area (Å²) in [5.74, 6) is -0.140. The SMILES string of the molecule is CNCCNC(=O)c1c(C)[nH]c(C=C2C(=O)Nc3cc(-c4cccc(O)c4)ccc32)c1C. The number of H-pyrrole nitrogens is 1. The molecule has 2 heterocycles. The molecule has 0 atom stereocenters. The number of aromatic amines is 1. The summed E-state index contributed by atoms with van der Waals surface area (Å²) in [4.78, 5) is 28.6. The highest BCUT2D eigenvalue weighted by Gasteiger charge is 2.26. The Hall–Kier alpha value is -3.84. The van der Waals surface area contributed by atoms with E-state index in [1.807, 2.05) is 45.2 Å². The van der Waals surface area contributed by atoms with Crippen LogP contribution in [0.2, 0.25) is 0 Å². The Labute approximate surface area is 186 Å². The number of phenols is 1. The highest BCUT2D eigenvalue weighted by molar-refractivity contribution is 6.35. The maximum absolute atomic E-state index is 12.7. The number of hydrogen-bond acceptors (Lipinski definition) is 4. The fourth-order valence-corrected chi connectivity index (χ4v) is 4.00. The molecule has 5 N–H and O–H groups in total. The normalized spacial score (nSPS) is 13.8. The Bertz CT molecular complexity index is 1240. The lowest BCUT2D eigenvalue weighted by Crippen LogP contribution is -2.30. The molecule has 0 saturated heterocycles. The van der Waals surface area contributed by atoms with Gasteiger partial charge in [0.05, 0.1) is 11.1 Å². The van der Waals surface area contributed by atoms with Crippen LogP contribution in [0.15, 0.2) is 42.5 Å². The Balaban J connectivity index is 1.66. The van der Waals surface area contributed by atoms with E-state index >= 15 is 0 Å². The van der Waals surface area contributed by atoms with E-state index in [2.05, 4.69) is 20.9 Å². The van der Waals surface area contributed by atoms with Gasteiger partial charge in [0.2, 0.25) is 0 Å². The molecule has 1 aliphatic rings. The number of amides is 2. The number of carbonyl (C=O) groups excluding carboxylic acids is 2. The van der Waals surface area contributed by atoms with Gasteiger partial charge in [0.1, 0.15) is 5.75 Å². The molecule has 2 aromatic carbocycles. The standard InChI is InChI=1S/C25H26N4O3/c1-14-21(28-15(2)23(14)25(32)27-10-9-26-3)13-20-19-8-7-17(12-22(19)29-24(20)31)16-5-4-6-18(30)11-16/h4-8,11-13,26,28,30H,9-10H2,1-3H3,(H,27,32)(H,29,31). The highest BCUT2D eigenvalue weighted by atomic mass is 16.3. The Kier molecular flexibility index (Phi) is 5.83. The molecular weight excluding hydrogens is 404 g/mol. The molecule has 32 heavy (non-hydrogen) atoms. The van der Waals surface area contributed by atoms with Crippen LogP contribution in [-0.2, 0) is 4.79 Å². The maximum Gasteiger partial charge on any atom is 0.256 e. The van der Waals surface area contributed by atoms with Crippen LogP contribution >= 0.6 is 0 Å². The summed E-state index contributed by atoms with van der Waals surface area (Å²) in [6, 6.07) is 12.7. The Morgan fingerprint density at radius 3 is 2.62 bits per heavy atom. The average molecular weight is 431 g/mol. The second kappa shape index (κ2) is 8.72. The van der Waals surface area contributed by atoms with Crippen LogP contribution in [-0.4, -0.2) is 42.0 Å². The number of benzene rings is 2. The van der Waals surface area contributed by atoms with Gasteiger partial charge >= 0.3 is 0 Å². The first-order valence-corrected chi connectivity index (χ1v) is 10.5. The van der Waals surface area contributed by atoms with Crippen molar-refractivity contribution in [3.05, 3.63) is 70.5 Å². The molecule has 0 saturated carbocycles. The number of nitrogens with one attached hydrogen (secondary N) is 4. The number of carbonyl (C=O) groups is 2. The van der Waals surface area contributed by atoms with E-state index in [0.717, 1.165) is 33.6 Å². The molecule has 0 unspecified atom stereocenters. The lowest BCUT2D eigenvalue weighted by Gasteiger charge is -2.06. The fourth-order valence-electron chi connectivity index (χ4n) is 4.00. The second-order valence-corrected chi connectivity index (χ2v) is 7.85. The van der Waals surface area contributed by atoms with Crippen molar-refractivity contribution in [2.75, 3.05) is 25.5 Å². The van der Waals surface area contributed by atoms with Crippen LogP contribution in [0.1, 0.15) is 32.9 Å². The van der Waals surface area contributed by atoms with Crippen molar-refractivity contribution < 1.29 is 14.7 Å². The van der Waals surface area contributed by atoms with E-state index in [0.29, 0.717) is 29.9 Å².